The lowest BCUT2D eigenvalue weighted by Crippen LogP contribution is -2.15. The minimum Gasteiger partial charge on any atom is -0.493 e. The molecule has 1 aliphatic rings. The molecule has 0 radical (unpaired) electrons. The summed E-state index contributed by atoms with van der Waals surface area (Å²) in [4.78, 5) is 12.3. The molecule has 1 amide bonds. The molecule has 0 unspecified atom stereocenters. The zero-order valence-electron chi connectivity index (χ0n) is 15.8. The molecule has 6 nitrogen and oxygen atoms in total. The van der Waals surface area contributed by atoms with E-state index in [9.17, 15) is 4.79 Å². The monoisotopic (exact) mass is 376 g/mol. The van der Waals surface area contributed by atoms with Gasteiger partial charge in [-0.25, -0.2) is 0 Å². The number of hydrogen-bond acceptors (Lipinski definition) is 4. The van der Waals surface area contributed by atoms with E-state index in [1.807, 2.05) is 54.6 Å². The van der Waals surface area contributed by atoms with Crippen LogP contribution >= 0.6 is 0 Å². The Morgan fingerprint density at radius 3 is 2.82 bits per heavy atom. The number of anilines is 1. The number of rotatable bonds is 6. The molecule has 0 fully saturated rings. The average Bonchev–Trinajstić information content (AvgIpc) is 2.97. The number of carbonyl (C=O) groups is 1. The fourth-order valence-electron chi connectivity index (χ4n) is 3.44. The van der Waals surface area contributed by atoms with E-state index >= 15 is 0 Å². The Labute approximate surface area is 164 Å². The molecule has 0 saturated carbocycles. The molecule has 3 aromatic rings. The topological polar surface area (TPSA) is 69.0 Å². The molecule has 1 N–H and O–H groups in total. The van der Waals surface area contributed by atoms with Gasteiger partial charge in [-0.3, -0.25) is 4.79 Å². The Morgan fingerprint density at radius 1 is 1.04 bits per heavy atom. The van der Waals surface area contributed by atoms with Crippen LogP contribution < -0.4 is 10.1 Å². The first-order valence-electron chi connectivity index (χ1n) is 9.80. The Morgan fingerprint density at radius 2 is 1.93 bits per heavy atom. The van der Waals surface area contributed by atoms with E-state index in [-0.39, 0.29) is 5.91 Å². The standard InChI is InChI=1S/C22H24N4O2/c27-21(13-15-28-19-10-3-1-4-11-19)23-18-9-7-8-17(16-18)22-25-24-20-12-5-2-6-14-26(20)22/h1,3-4,7-11,16H,2,5-6,12-15H2,(H,23,27). The van der Waals surface area contributed by atoms with Crippen molar-refractivity contribution in [1.82, 2.24) is 14.8 Å². The Hall–Kier alpha value is -3.15. The van der Waals surface area contributed by atoms with Crippen molar-refractivity contribution in [3.8, 4) is 17.1 Å². The van der Waals surface area contributed by atoms with Gasteiger partial charge in [0.15, 0.2) is 5.82 Å². The van der Waals surface area contributed by atoms with E-state index in [1.165, 1.54) is 12.8 Å². The van der Waals surface area contributed by atoms with E-state index in [4.69, 9.17) is 4.74 Å². The molecule has 1 aliphatic heterocycles. The van der Waals surface area contributed by atoms with Gasteiger partial charge in [0.1, 0.15) is 11.6 Å². The molecule has 0 bridgehead atoms. The van der Waals surface area contributed by atoms with E-state index in [0.717, 1.165) is 48.0 Å². The zero-order valence-corrected chi connectivity index (χ0v) is 15.8. The smallest absolute Gasteiger partial charge is 0.227 e. The molecule has 144 valence electrons. The molecule has 2 heterocycles. The van der Waals surface area contributed by atoms with E-state index in [1.54, 1.807) is 0 Å². The number of fused-ring (bicyclic) bond motifs is 1. The maximum absolute atomic E-state index is 12.3. The van der Waals surface area contributed by atoms with Crippen molar-refractivity contribution in [3.05, 3.63) is 60.4 Å². The highest BCUT2D eigenvalue weighted by atomic mass is 16.5. The molecule has 0 atom stereocenters. The molecule has 6 heteroatoms. The third kappa shape index (κ3) is 4.39. The number of benzene rings is 2. The van der Waals surface area contributed by atoms with Crippen LogP contribution in [0.4, 0.5) is 5.69 Å². The van der Waals surface area contributed by atoms with Crippen molar-refractivity contribution < 1.29 is 9.53 Å². The Bertz CT molecular complexity index is 937. The number of aromatic nitrogens is 3. The van der Waals surface area contributed by atoms with Gasteiger partial charge in [0.25, 0.3) is 0 Å². The summed E-state index contributed by atoms with van der Waals surface area (Å²) in [5.74, 6) is 2.62. The molecule has 1 aromatic heterocycles. The van der Waals surface area contributed by atoms with Gasteiger partial charge in [0.2, 0.25) is 5.91 Å². The minimum absolute atomic E-state index is 0.0758. The summed E-state index contributed by atoms with van der Waals surface area (Å²) in [7, 11) is 0. The number of amides is 1. The van der Waals surface area contributed by atoms with Crippen LogP contribution in [0.1, 0.15) is 31.5 Å². The minimum atomic E-state index is -0.0758. The van der Waals surface area contributed by atoms with Crippen molar-refractivity contribution in [3.63, 3.8) is 0 Å². The van der Waals surface area contributed by atoms with E-state index < -0.39 is 0 Å². The SMILES string of the molecule is O=C(CCOc1ccccc1)Nc1cccc(-c2nnc3n2CCCCC3)c1. The van der Waals surface area contributed by atoms with Crippen LogP contribution in [0.5, 0.6) is 5.75 Å². The summed E-state index contributed by atoms with van der Waals surface area (Å²) >= 11 is 0. The molecule has 2 aromatic carbocycles. The summed E-state index contributed by atoms with van der Waals surface area (Å²) in [5, 5.41) is 11.7. The van der Waals surface area contributed by atoms with E-state index in [0.29, 0.717) is 13.0 Å². The first kappa shape index (κ1) is 18.2. The summed E-state index contributed by atoms with van der Waals surface area (Å²) in [6.07, 6.45) is 4.81. The average molecular weight is 376 g/mol. The second-order valence-corrected chi connectivity index (χ2v) is 6.94. The normalized spacial score (nSPS) is 13.4. The van der Waals surface area contributed by atoms with Crippen LogP contribution in [0, 0.1) is 0 Å². The number of nitrogens with zero attached hydrogens (tertiary/aromatic N) is 3. The summed E-state index contributed by atoms with van der Waals surface area (Å²) in [6.45, 7) is 1.29. The van der Waals surface area contributed by atoms with Gasteiger partial charge in [-0.15, -0.1) is 10.2 Å². The van der Waals surface area contributed by atoms with Gasteiger partial charge in [-0.1, -0.05) is 36.8 Å². The third-order valence-electron chi connectivity index (χ3n) is 4.86. The second kappa shape index (κ2) is 8.69. The second-order valence-electron chi connectivity index (χ2n) is 6.94. The van der Waals surface area contributed by atoms with Crippen molar-refractivity contribution in [2.24, 2.45) is 0 Å². The van der Waals surface area contributed by atoms with Crippen molar-refractivity contribution in [2.45, 2.75) is 38.6 Å². The predicted molar refractivity (Wildman–Crippen MR) is 108 cm³/mol. The molecule has 0 spiro atoms. The van der Waals surface area contributed by atoms with Gasteiger partial charge in [0, 0.05) is 24.2 Å². The Kier molecular flexibility index (Phi) is 5.66. The lowest BCUT2D eigenvalue weighted by molar-refractivity contribution is -0.116. The van der Waals surface area contributed by atoms with Crippen molar-refractivity contribution >= 4 is 11.6 Å². The lowest BCUT2D eigenvalue weighted by atomic mass is 10.2. The quantitative estimate of drug-likeness (QED) is 0.704. The van der Waals surface area contributed by atoms with Gasteiger partial charge in [-0.05, 0) is 37.1 Å². The first-order valence-corrected chi connectivity index (χ1v) is 9.80. The molecular weight excluding hydrogens is 352 g/mol. The fourth-order valence-corrected chi connectivity index (χ4v) is 3.44. The van der Waals surface area contributed by atoms with Crippen LogP contribution in [0.2, 0.25) is 0 Å². The highest BCUT2D eigenvalue weighted by Crippen LogP contribution is 2.25. The summed E-state index contributed by atoms with van der Waals surface area (Å²) in [6, 6.07) is 17.3. The fraction of sp³-hybridized carbons (Fsp3) is 0.318. The number of hydrogen-bond donors (Lipinski definition) is 1. The number of para-hydroxylation sites is 1. The van der Waals surface area contributed by atoms with Gasteiger partial charge < -0.3 is 14.6 Å². The van der Waals surface area contributed by atoms with Crippen LogP contribution in [0.3, 0.4) is 0 Å². The van der Waals surface area contributed by atoms with Crippen LogP contribution in [-0.4, -0.2) is 27.3 Å². The molecule has 0 saturated heterocycles. The first-order chi connectivity index (χ1) is 13.8. The molecule has 0 aliphatic carbocycles. The highest BCUT2D eigenvalue weighted by Gasteiger charge is 2.16. The molecule has 4 rings (SSSR count). The van der Waals surface area contributed by atoms with Gasteiger partial charge in [-0.2, -0.15) is 0 Å². The summed E-state index contributed by atoms with van der Waals surface area (Å²) < 4.78 is 7.80. The van der Waals surface area contributed by atoms with Crippen molar-refractivity contribution in [2.75, 3.05) is 11.9 Å². The number of aryl methyl sites for hydroxylation is 1. The number of nitrogens with one attached hydrogen (secondary N) is 1. The van der Waals surface area contributed by atoms with Crippen LogP contribution in [0.15, 0.2) is 54.6 Å². The van der Waals surface area contributed by atoms with Crippen LogP contribution in [0.25, 0.3) is 11.4 Å². The van der Waals surface area contributed by atoms with Crippen LogP contribution in [-0.2, 0) is 17.8 Å². The van der Waals surface area contributed by atoms with Gasteiger partial charge >= 0.3 is 0 Å². The zero-order chi connectivity index (χ0) is 19.2. The summed E-state index contributed by atoms with van der Waals surface area (Å²) in [5.41, 5.74) is 1.73. The van der Waals surface area contributed by atoms with E-state index in [2.05, 4.69) is 20.1 Å². The predicted octanol–water partition coefficient (Wildman–Crippen LogP) is 4.08. The van der Waals surface area contributed by atoms with Crippen molar-refractivity contribution in [1.29, 1.82) is 0 Å². The maximum atomic E-state index is 12.3. The Balaban J connectivity index is 1.39. The third-order valence-corrected chi connectivity index (χ3v) is 4.86. The number of carbonyl (C=O) groups excluding carboxylic acids is 1. The maximum Gasteiger partial charge on any atom is 0.227 e. The van der Waals surface area contributed by atoms with Gasteiger partial charge in [0.05, 0.1) is 13.0 Å². The molecule has 28 heavy (non-hydrogen) atoms. The lowest BCUT2D eigenvalue weighted by Gasteiger charge is -2.10. The molecular formula is C22H24N4O2. The largest absolute Gasteiger partial charge is 0.493 e. The number of ether oxygens (including phenoxy) is 1. The highest BCUT2D eigenvalue weighted by molar-refractivity contribution is 5.91.